The maximum absolute atomic E-state index is 12.8. The monoisotopic (exact) mass is 471 g/mol. The lowest BCUT2D eigenvalue weighted by Crippen LogP contribution is -2.41. The molecule has 8 nitrogen and oxygen atoms in total. The maximum atomic E-state index is 12.8. The van der Waals surface area contributed by atoms with Crippen LogP contribution in [0.5, 0.6) is 5.75 Å². The van der Waals surface area contributed by atoms with E-state index in [0.29, 0.717) is 18.0 Å². The van der Waals surface area contributed by atoms with E-state index < -0.39 is 0 Å². The lowest BCUT2D eigenvalue weighted by Gasteiger charge is -2.32. The lowest BCUT2D eigenvalue weighted by molar-refractivity contribution is -0.125. The zero-order valence-corrected chi connectivity index (χ0v) is 20.0. The van der Waals surface area contributed by atoms with Gasteiger partial charge in [-0.1, -0.05) is 42.4 Å². The quantitative estimate of drug-likeness (QED) is 0.426. The predicted octanol–water partition coefficient (Wildman–Crippen LogP) is 4.43. The Labute approximate surface area is 204 Å². The van der Waals surface area contributed by atoms with E-state index in [1.165, 1.54) is 11.9 Å². The molecule has 180 valence electrons. The Kier molecular flexibility index (Phi) is 6.61. The molecule has 1 aliphatic rings. The van der Waals surface area contributed by atoms with Crippen molar-refractivity contribution in [3.05, 3.63) is 66.5 Å². The number of ether oxygens (including phenoxy) is 1. The van der Waals surface area contributed by atoms with E-state index in [0.717, 1.165) is 48.4 Å². The number of fused-ring (bicyclic) bond motifs is 1. The molecule has 1 fully saturated rings. The van der Waals surface area contributed by atoms with Gasteiger partial charge in [-0.25, -0.2) is 4.98 Å². The summed E-state index contributed by atoms with van der Waals surface area (Å²) in [6, 6.07) is 17.9. The van der Waals surface area contributed by atoms with Gasteiger partial charge in [-0.15, -0.1) is 0 Å². The molecule has 1 saturated heterocycles. The second-order valence-electron chi connectivity index (χ2n) is 8.96. The van der Waals surface area contributed by atoms with Crippen molar-refractivity contribution in [1.82, 2.24) is 20.4 Å². The number of nitrogens with one attached hydrogen (secondary N) is 1. The van der Waals surface area contributed by atoms with Gasteiger partial charge < -0.3 is 19.5 Å². The average molecular weight is 472 g/mol. The zero-order chi connectivity index (χ0) is 24.2. The number of methoxy groups -OCH3 is 1. The molecule has 0 radical (unpaired) electrons. The minimum Gasteiger partial charge on any atom is -0.497 e. The van der Waals surface area contributed by atoms with Gasteiger partial charge >= 0.3 is 0 Å². The Hall–Kier alpha value is -3.94. The number of hydrogen-bond donors (Lipinski definition) is 1. The third-order valence-electron chi connectivity index (χ3n) is 6.73. The average Bonchev–Trinajstić information content (AvgIpc) is 3.36. The fourth-order valence-corrected chi connectivity index (χ4v) is 4.61. The van der Waals surface area contributed by atoms with E-state index in [1.54, 1.807) is 7.11 Å². The van der Waals surface area contributed by atoms with Crippen molar-refractivity contribution >= 4 is 22.8 Å². The first-order chi connectivity index (χ1) is 17.1. The van der Waals surface area contributed by atoms with E-state index in [9.17, 15) is 4.79 Å². The molecule has 1 atom stereocenters. The van der Waals surface area contributed by atoms with Crippen LogP contribution in [0.1, 0.15) is 31.2 Å². The minimum absolute atomic E-state index is 0.00455. The number of carbonyl (C=O) groups excluding carboxylic acids is 1. The van der Waals surface area contributed by atoms with E-state index in [1.807, 2.05) is 42.5 Å². The van der Waals surface area contributed by atoms with Crippen LogP contribution < -0.4 is 15.0 Å². The molecular formula is C27H29N5O3. The Morgan fingerprint density at radius 1 is 1.11 bits per heavy atom. The number of nitrogens with zero attached hydrogens (tertiary/aromatic N) is 4. The van der Waals surface area contributed by atoms with Crippen LogP contribution in [-0.2, 0) is 4.79 Å². The smallest absolute Gasteiger partial charge is 0.263 e. The molecule has 0 unspecified atom stereocenters. The standard InChI is InChI=1S/C27H29N5O3/c1-18(19-6-4-3-5-7-19)16-28-26(33)21-12-14-32(15-13-21)25-23-24(31-35-27(23)30-17-29-25)20-8-10-22(34-2)11-9-20/h3-11,17-18,21H,12-16H2,1-2H3,(H,28,33)/t18-/m0/s1. The Morgan fingerprint density at radius 2 is 1.86 bits per heavy atom. The van der Waals surface area contributed by atoms with Crippen molar-refractivity contribution in [2.75, 3.05) is 31.6 Å². The highest BCUT2D eigenvalue weighted by Crippen LogP contribution is 2.35. The summed E-state index contributed by atoms with van der Waals surface area (Å²) in [4.78, 5) is 23.9. The summed E-state index contributed by atoms with van der Waals surface area (Å²) in [5, 5.41) is 8.22. The normalized spacial score (nSPS) is 15.2. The van der Waals surface area contributed by atoms with Gasteiger partial charge in [-0.3, -0.25) is 4.79 Å². The maximum Gasteiger partial charge on any atom is 0.263 e. The summed E-state index contributed by atoms with van der Waals surface area (Å²) in [5.74, 6) is 1.97. The second-order valence-corrected chi connectivity index (χ2v) is 8.96. The van der Waals surface area contributed by atoms with E-state index in [2.05, 4.69) is 44.4 Å². The molecule has 1 amide bonds. The summed E-state index contributed by atoms with van der Waals surface area (Å²) in [6.07, 6.45) is 3.03. The molecule has 8 heteroatoms. The molecule has 35 heavy (non-hydrogen) atoms. The third kappa shape index (κ3) is 4.82. The number of hydrogen-bond acceptors (Lipinski definition) is 7. The number of aromatic nitrogens is 3. The SMILES string of the molecule is COc1ccc(-c2noc3ncnc(N4CCC(C(=O)NC[C@H](C)c5ccccc5)CC4)c23)cc1. The first-order valence-electron chi connectivity index (χ1n) is 12.0. The van der Waals surface area contributed by atoms with Gasteiger partial charge in [-0.05, 0) is 48.6 Å². The molecule has 4 aromatic rings. The first-order valence-corrected chi connectivity index (χ1v) is 12.0. The van der Waals surface area contributed by atoms with Crippen molar-refractivity contribution < 1.29 is 14.1 Å². The third-order valence-corrected chi connectivity index (χ3v) is 6.73. The minimum atomic E-state index is -0.00455. The number of carbonyl (C=O) groups is 1. The van der Waals surface area contributed by atoms with Crippen molar-refractivity contribution in [2.45, 2.75) is 25.7 Å². The number of anilines is 1. The van der Waals surface area contributed by atoms with Crippen LogP contribution >= 0.6 is 0 Å². The molecule has 0 spiro atoms. The van der Waals surface area contributed by atoms with Crippen LogP contribution in [-0.4, -0.2) is 47.8 Å². The van der Waals surface area contributed by atoms with Gasteiger partial charge in [-0.2, -0.15) is 4.98 Å². The Morgan fingerprint density at radius 3 is 2.57 bits per heavy atom. The molecule has 2 aromatic carbocycles. The molecule has 2 aromatic heterocycles. The summed E-state index contributed by atoms with van der Waals surface area (Å²) in [7, 11) is 1.64. The predicted molar refractivity (Wildman–Crippen MR) is 134 cm³/mol. The Balaban J connectivity index is 1.26. The summed E-state index contributed by atoms with van der Waals surface area (Å²) in [5.41, 5.74) is 3.29. The number of rotatable bonds is 7. The van der Waals surface area contributed by atoms with Gasteiger partial charge in [0.2, 0.25) is 5.91 Å². The van der Waals surface area contributed by atoms with Gasteiger partial charge in [0.05, 0.1) is 7.11 Å². The van der Waals surface area contributed by atoms with Crippen LogP contribution in [0.2, 0.25) is 0 Å². The largest absolute Gasteiger partial charge is 0.497 e. The summed E-state index contributed by atoms with van der Waals surface area (Å²) in [6.45, 7) is 4.23. The van der Waals surface area contributed by atoms with Crippen LogP contribution in [0.4, 0.5) is 5.82 Å². The molecule has 1 N–H and O–H groups in total. The topological polar surface area (TPSA) is 93.4 Å². The van der Waals surface area contributed by atoms with Crippen LogP contribution in [0.25, 0.3) is 22.4 Å². The summed E-state index contributed by atoms with van der Waals surface area (Å²) < 4.78 is 10.8. The molecule has 5 rings (SSSR count). The zero-order valence-electron chi connectivity index (χ0n) is 20.0. The fourth-order valence-electron chi connectivity index (χ4n) is 4.61. The van der Waals surface area contributed by atoms with Gasteiger partial charge in [0.1, 0.15) is 29.0 Å². The van der Waals surface area contributed by atoms with Crippen molar-refractivity contribution in [2.24, 2.45) is 5.92 Å². The lowest BCUT2D eigenvalue weighted by atomic mass is 9.95. The molecule has 0 saturated carbocycles. The van der Waals surface area contributed by atoms with E-state index >= 15 is 0 Å². The van der Waals surface area contributed by atoms with Crippen molar-refractivity contribution in [3.8, 4) is 17.0 Å². The Bertz CT molecular complexity index is 1280. The number of piperidine rings is 1. The first kappa shape index (κ1) is 22.8. The van der Waals surface area contributed by atoms with Gasteiger partial charge in [0, 0.05) is 31.1 Å². The van der Waals surface area contributed by atoms with Crippen molar-refractivity contribution in [1.29, 1.82) is 0 Å². The highest BCUT2D eigenvalue weighted by atomic mass is 16.5. The van der Waals surface area contributed by atoms with Gasteiger partial charge in [0.25, 0.3) is 5.71 Å². The van der Waals surface area contributed by atoms with Crippen LogP contribution in [0.15, 0.2) is 65.4 Å². The number of amides is 1. The van der Waals surface area contributed by atoms with Crippen LogP contribution in [0.3, 0.4) is 0 Å². The van der Waals surface area contributed by atoms with Gasteiger partial charge in [0.15, 0.2) is 0 Å². The molecule has 3 heterocycles. The molecule has 0 bridgehead atoms. The van der Waals surface area contributed by atoms with Crippen LogP contribution in [0, 0.1) is 5.92 Å². The number of benzene rings is 2. The molecule has 1 aliphatic heterocycles. The second kappa shape index (κ2) is 10.1. The fraction of sp³-hybridized carbons (Fsp3) is 0.333. The highest BCUT2D eigenvalue weighted by Gasteiger charge is 2.28. The van der Waals surface area contributed by atoms with E-state index in [4.69, 9.17) is 9.26 Å². The molecule has 0 aliphatic carbocycles. The van der Waals surface area contributed by atoms with E-state index in [-0.39, 0.29) is 17.7 Å². The highest BCUT2D eigenvalue weighted by molar-refractivity contribution is 5.98. The van der Waals surface area contributed by atoms with Crippen molar-refractivity contribution in [3.63, 3.8) is 0 Å². The summed E-state index contributed by atoms with van der Waals surface area (Å²) >= 11 is 0. The molecular weight excluding hydrogens is 442 g/mol.